The molecule has 0 aliphatic heterocycles. The van der Waals surface area contributed by atoms with Crippen molar-refractivity contribution in [2.75, 3.05) is 6.54 Å². The number of nitrogens with two attached hydrogens (primary N) is 4. The molecule has 4 atom stereocenters. The van der Waals surface area contributed by atoms with E-state index in [1.807, 2.05) is 0 Å². The van der Waals surface area contributed by atoms with E-state index >= 15 is 0 Å². The Morgan fingerprint density at radius 1 is 0.824 bits per heavy atom. The van der Waals surface area contributed by atoms with Crippen LogP contribution in [0.15, 0.2) is 4.99 Å². The fourth-order valence-corrected chi connectivity index (χ4v) is 2.89. The normalized spacial score (nSPS) is 14.4. The number of hydrogen-bond donors (Lipinski definition) is 8. The molecule has 0 aromatic carbocycles. The van der Waals surface area contributed by atoms with Crippen LogP contribution >= 0.6 is 0 Å². The van der Waals surface area contributed by atoms with Gasteiger partial charge in [-0.3, -0.25) is 24.2 Å². The molecule has 0 saturated heterocycles. The van der Waals surface area contributed by atoms with E-state index in [1.165, 1.54) is 0 Å². The highest BCUT2D eigenvalue weighted by Gasteiger charge is 2.33. The molecular weight excluding hydrogens is 448 g/mol. The molecule has 0 saturated carbocycles. The molecule has 34 heavy (non-hydrogen) atoms. The van der Waals surface area contributed by atoms with Gasteiger partial charge in [0.05, 0.1) is 12.5 Å². The second-order valence-electron chi connectivity index (χ2n) is 8.59. The quantitative estimate of drug-likeness (QED) is 0.0669. The third kappa shape index (κ3) is 11.4. The summed E-state index contributed by atoms with van der Waals surface area (Å²) in [5, 5.41) is 16.5. The van der Waals surface area contributed by atoms with Crippen molar-refractivity contribution in [1.29, 1.82) is 0 Å². The van der Waals surface area contributed by atoms with E-state index in [0.29, 0.717) is 13.0 Å². The first-order chi connectivity index (χ1) is 15.7. The molecular formula is C20H38N8O6. The molecule has 0 rings (SSSR count). The molecule has 0 fully saturated rings. The number of carboxylic acids is 1. The van der Waals surface area contributed by atoms with Crippen molar-refractivity contribution in [3.05, 3.63) is 0 Å². The molecule has 0 aliphatic rings. The Balaban J connectivity index is 5.25. The number of guanidine groups is 1. The molecule has 194 valence electrons. The van der Waals surface area contributed by atoms with Gasteiger partial charge in [0.15, 0.2) is 5.96 Å². The van der Waals surface area contributed by atoms with Crippen molar-refractivity contribution >= 4 is 35.6 Å². The second kappa shape index (κ2) is 14.7. The van der Waals surface area contributed by atoms with E-state index in [4.69, 9.17) is 22.9 Å². The topological polar surface area (TPSA) is 258 Å². The number of carbonyl (C=O) groups is 5. The highest BCUT2D eigenvalue weighted by Crippen LogP contribution is 2.08. The van der Waals surface area contributed by atoms with Crippen LogP contribution in [-0.4, -0.2) is 71.4 Å². The first kappa shape index (κ1) is 30.6. The monoisotopic (exact) mass is 486 g/mol. The van der Waals surface area contributed by atoms with Crippen molar-refractivity contribution in [2.45, 2.75) is 71.1 Å². The Labute approximate surface area is 198 Å². The Morgan fingerprint density at radius 3 is 1.71 bits per heavy atom. The lowest BCUT2D eigenvalue weighted by molar-refractivity contribution is -0.144. The van der Waals surface area contributed by atoms with Crippen LogP contribution in [0.25, 0.3) is 0 Å². The zero-order chi connectivity index (χ0) is 26.6. The fraction of sp³-hybridized carbons (Fsp3) is 0.700. The lowest BCUT2D eigenvalue weighted by atomic mass is 9.98. The summed E-state index contributed by atoms with van der Waals surface area (Å²) in [6.07, 6.45) is 0.130. The molecule has 0 radical (unpaired) electrons. The summed E-state index contributed by atoms with van der Waals surface area (Å²) in [5.41, 5.74) is 21.4. The summed E-state index contributed by atoms with van der Waals surface area (Å²) in [6, 6.07) is -4.59. The van der Waals surface area contributed by atoms with Gasteiger partial charge in [-0.05, 0) is 24.7 Å². The maximum atomic E-state index is 12.9. The number of hydrogen-bond acceptors (Lipinski definition) is 7. The van der Waals surface area contributed by atoms with Crippen molar-refractivity contribution in [3.63, 3.8) is 0 Å². The maximum Gasteiger partial charge on any atom is 0.326 e. The van der Waals surface area contributed by atoms with Gasteiger partial charge in [-0.2, -0.15) is 0 Å². The van der Waals surface area contributed by atoms with E-state index in [2.05, 4.69) is 20.9 Å². The minimum Gasteiger partial charge on any atom is -0.480 e. The van der Waals surface area contributed by atoms with Crippen LogP contribution in [-0.2, 0) is 24.0 Å². The van der Waals surface area contributed by atoms with Crippen molar-refractivity contribution in [1.82, 2.24) is 16.0 Å². The third-order valence-corrected chi connectivity index (χ3v) is 4.82. The van der Waals surface area contributed by atoms with Gasteiger partial charge in [0, 0.05) is 6.54 Å². The molecule has 0 spiro atoms. The summed E-state index contributed by atoms with van der Waals surface area (Å²) >= 11 is 0. The number of nitrogens with one attached hydrogen (secondary N) is 3. The average molecular weight is 487 g/mol. The molecule has 0 bridgehead atoms. The highest BCUT2D eigenvalue weighted by molar-refractivity contribution is 5.95. The summed E-state index contributed by atoms with van der Waals surface area (Å²) in [4.78, 5) is 64.2. The van der Waals surface area contributed by atoms with Gasteiger partial charge in [0.2, 0.25) is 23.6 Å². The van der Waals surface area contributed by atoms with Gasteiger partial charge >= 0.3 is 5.97 Å². The van der Waals surface area contributed by atoms with Crippen LogP contribution < -0.4 is 38.9 Å². The third-order valence-electron chi connectivity index (χ3n) is 4.82. The standard InChI is InChI=1S/C20H38N8O6/c1-9(2)14(17(31)26-12(19(33)34)8-13(22)29)28-18(32)15(10(3)4)27-16(30)11(21)6-5-7-25-20(23)24/h9-12,14-15H,5-8,21H2,1-4H3,(H2,22,29)(H,26,31)(H,27,30)(H,28,32)(H,33,34)(H4,23,24,25). The van der Waals surface area contributed by atoms with E-state index in [9.17, 15) is 29.1 Å². The van der Waals surface area contributed by atoms with Crippen molar-refractivity contribution in [2.24, 2.45) is 39.8 Å². The summed E-state index contributed by atoms with van der Waals surface area (Å²) in [7, 11) is 0. The fourth-order valence-electron chi connectivity index (χ4n) is 2.89. The molecule has 4 amide bonds. The molecule has 0 aliphatic carbocycles. The summed E-state index contributed by atoms with van der Waals surface area (Å²) < 4.78 is 0. The smallest absolute Gasteiger partial charge is 0.326 e. The lowest BCUT2D eigenvalue weighted by Crippen LogP contribution is -2.59. The van der Waals surface area contributed by atoms with Crippen LogP contribution in [0, 0.1) is 11.8 Å². The van der Waals surface area contributed by atoms with Crippen LogP contribution in [0.5, 0.6) is 0 Å². The number of aliphatic carboxylic acids is 1. The Morgan fingerprint density at radius 2 is 1.29 bits per heavy atom. The van der Waals surface area contributed by atoms with Gasteiger partial charge < -0.3 is 44.0 Å². The largest absolute Gasteiger partial charge is 0.480 e. The lowest BCUT2D eigenvalue weighted by Gasteiger charge is -2.28. The zero-order valence-electron chi connectivity index (χ0n) is 20.0. The first-order valence-corrected chi connectivity index (χ1v) is 10.9. The van der Waals surface area contributed by atoms with Crippen molar-refractivity contribution in [3.8, 4) is 0 Å². The Bertz CT molecular complexity index is 766. The molecule has 12 N–H and O–H groups in total. The predicted molar refractivity (Wildman–Crippen MR) is 125 cm³/mol. The number of primary amides is 1. The van der Waals surface area contributed by atoms with Crippen molar-refractivity contribution < 1.29 is 29.1 Å². The Hall–Kier alpha value is -3.42. The number of carboxylic acid groups (broad SMARTS) is 1. The highest BCUT2D eigenvalue weighted by atomic mass is 16.4. The van der Waals surface area contributed by atoms with Gasteiger partial charge in [0.25, 0.3) is 0 Å². The molecule has 14 heteroatoms. The minimum absolute atomic E-state index is 0.0670. The van der Waals surface area contributed by atoms with Gasteiger partial charge in [0.1, 0.15) is 18.1 Å². The molecule has 14 nitrogen and oxygen atoms in total. The SMILES string of the molecule is CC(C)C(NC(=O)C(N)CCCN=C(N)N)C(=O)NC(C(=O)NC(CC(N)=O)C(=O)O)C(C)C. The summed E-state index contributed by atoms with van der Waals surface area (Å²) in [5.74, 6) is -5.21. The predicted octanol–water partition coefficient (Wildman–Crippen LogP) is -2.91. The molecule has 4 unspecified atom stereocenters. The molecule has 0 heterocycles. The van der Waals surface area contributed by atoms with E-state index < -0.39 is 66.1 Å². The van der Waals surface area contributed by atoms with E-state index in [-0.39, 0.29) is 18.3 Å². The van der Waals surface area contributed by atoms with E-state index in [0.717, 1.165) is 0 Å². The first-order valence-electron chi connectivity index (χ1n) is 10.9. The summed E-state index contributed by atoms with van der Waals surface area (Å²) in [6.45, 7) is 6.99. The molecule has 0 aromatic rings. The van der Waals surface area contributed by atoms with E-state index in [1.54, 1.807) is 27.7 Å². The van der Waals surface area contributed by atoms with Gasteiger partial charge in [-0.25, -0.2) is 4.79 Å². The average Bonchev–Trinajstić information content (AvgIpc) is 2.70. The van der Waals surface area contributed by atoms with Crippen LogP contribution in [0.2, 0.25) is 0 Å². The maximum absolute atomic E-state index is 12.9. The number of nitrogens with zero attached hydrogens (tertiary/aromatic N) is 1. The molecule has 0 aromatic heterocycles. The van der Waals surface area contributed by atoms with Crippen LogP contribution in [0.4, 0.5) is 0 Å². The number of carbonyl (C=O) groups excluding carboxylic acids is 4. The van der Waals surface area contributed by atoms with Crippen LogP contribution in [0.3, 0.4) is 0 Å². The van der Waals surface area contributed by atoms with Gasteiger partial charge in [-0.1, -0.05) is 27.7 Å². The number of aliphatic imine (C=N–C) groups is 1. The van der Waals surface area contributed by atoms with Crippen LogP contribution in [0.1, 0.15) is 47.0 Å². The zero-order valence-corrected chi connectivity index (χ0v) is 20.0. The number of rotatable bonds is 15. The number of amides is 4. The van der Waals surface area contributed by atoms with Gasteiger partial charge in [-0.15, -0.1) is 0 Å². The minimum atomic E-state index is -1.54. The second-order valence-corrected chi connectivity index (χ2v) is 8.59. The Kier molecular flexibility index (Phi) is 13.2.